The molecule has 0 fully saturated rings. The lowest BCUT2D eigenvalue weighted by molar-refractivity contribution is -0.138. The summed E-state index contributed by atoms with van der Waals surface area (Å²) in [5.74, 6) is -2.70. The van der Waals surface area contributed by atoms with Crippen molar-refractivity contribution in [1.29, 1.82) is 5.41 Å². The Morgan fingerprint density at radius 1 is 0.882 bits per heavy atom. The molecule has 3 aromatic carbocycles. The van der Waals surface area contributed by atoms with Crippen molar-refractivity contribution in [3.05, 3.63) is 96.1 Å². The Bertz CT molecular complexity index is 1140. The first-order valence-corrected chi connectivity index (χ1v) is 11.9. The molecular weight excluding hydrogens is 457 g/mol. The van der Waals surface area contributed by atoms with E-state index in [9.17, 15) is 14.2 Å². The van der Waals surface area contributed by atoms with Gasteiger partial charge in [-0.2, -0.15) is 0 Å². The van der Waals surface area contributed by atoms with Gasteiger partial charge in [0, 0.05) is 12.0 Å². The van der Waals surface area contributed by atoms with Gasteiger partial charge in [-0.1, -0.05) is 60.7 Å². The number of aliphatic carboxylic acids is 1. The van der Waals surface area contributed by atoms with E-state index in [4.69, 9.17) is 25.3 Å². The van der Waals surface area contributed by atoms with Crippen molar-refractivity contribution < 1.29 is 28.3 Å². The van der Waals surface area contributed by atoms with Gasteiger partial charge in [-0.15, -0.1) is 0 Å². The second-order valence-electron chi connectivity index (χ2n) is 7.25. The molecule has 1 atom stereocenters. The number of carboxylic acid groups (broad SMARTS) is 1. The molecule has 1 amide bonds. The van der Waals surface area contributed by atoms with Gasteiger partial charge in [-0.3, -0.25) is 15.0 Å². The topological polar surface area (TPSA) is 152 Å². The molecule has 0 saturated heterocycles. The van der Waals surface area contributed by atoms with Gasteiger partial charge in [0.2, 0.25) is 5.91 Å². The molecule has 0 radical (unpaired) electrons. The van der Waals surface area contributed by atoms with Crippen LogP contribution >= 0.6 is 7.60 Å². The summed E-state index contributed by atoms with van der Waals surface area (Å²) in [6, 6.07) is 22.9. The SMILES string of the molecule is N=C(N)c1ccc(C(NC(=O)CCC(=O)O)P(=O)(Oc2ccccc2)Oc2ccccc2)cc1. The van der Waals surface area contributed by atoms with Crippen LogP contribution in [0.15, 0.2) is 84.9 Å². The number of para-hydroxylation sites is 2. The van der Waals surface area contributed by atoms with E-state index in [1.807, 2.05) is 0 Å². The monoisotopic (exact) mass is 481 g/mol. The van der Waals surface area contributed by atoms with Gasteiger partial charge in [0.1, 0.15) is 17.3 Å². The number of amides is 1. The third kappa shape index (κ3) is 6.70. The van der Waals surface area contributed by atoms with Crippen LogP contribution in [0.25, 0.3) is 0 Å². The molecule has 0 bridgehead atoms. The van der Waals surface area contributed by atoms with E-state index in [0.717, 1.165) is 0 Å². The fourth-order valence-electron chi connectivity index (χ4n) is 3.02. The Morgan fingerprint density at radius 3 is 1.82 bits per heavy atom. The summed E-state index contributed by atoms with van der Waals surface area (Å²) in [6.07, 6.45) is -0.723. The molecule has 176 valence electrons. The third-order valence-electron chi connectivity index (χ3n) is 4.67. The van der Waals surface area contributed by atoms with Crippen molar-refractivity contribution in [2.24, 2.45) is 5.73 Å². The lowest BCUT2D eigenvalue weighted by Crippen LogP contribution is -2.31. The number of nitrogens with two attached hydrogens (primary N) is 1. The van der Waals surface area contributed by atoms with Gasteiger partial charge < -0.3 is 25.2 Å². The average Bonchev–Trinajstić information content (AvgIpc) is 2.82. The van der Waals surface area contributed by atoms with Gasteiger partial charge in [-0.25, -0.2) is 4.57 Å². The van der Waals surface area contributed by atoms with Gasteiger partial charge in [-0.05, 0) is 29.8 Å². The predicted molar refractivity (Wildman–Crippen MR) is 127 cm³/mol. The zero-order valence-electron chi connectivity index (χ0n) is 18.1. The fraction of sp³-hybridized carbons (Fsp3) is 0.125. The van der Waals surface area contributed by atoms with Crippen LogP contribution in [0, 0.1) is 5.41 Å². The highest BCUT2D eigenvalue weighted by Gasteiger charge is 2.42. The molecule has 9 nitrogen and oxygen atoms in total. The number of benzene rings is 3. The summed E-state index contributed by atoms with van der Waals surface area (Å²) in [7, 11) is -4.20. The number of rotatable bonds is 11. The second kappa shape index (κ2) is 11.2. The Balaban J connectivity index is 2.04. The van der Waals surface area contributed by atoms with E-state index in [1.54, 1.807) is 84.9 Å². The van der Waals surface area contributed by atoms with Gasteiger partial charge >= 0.3 is 13.6 Å². The summed E-state index contributed by atoms with van der Waals surface area (Å²) in [4.78, 5) is 23.5. The van der Waals surface area contributed by atoms with E-state index in [1.165, 1.54) is 0 Å². The summed E-state index contributed by atoms with van der Waals surface area (Å²) < 4.78 is 26.0. The Morgan fingerprint density at radius 2 is 1.38 bits per heavy atom. The second-order valence-corrected chi connectivity index (χ2v) is 9.21. The molecule has 3 aromatic rings. The number of nitrogens with one attached hydrogen (secondary N) is 2. The first-order chi connectivity index (χ1) is 16.3. The smallest absolute Gasteiger partial charge is 0.457 e. The summed E-state index contributed by atoms with van der Waals surface area (Å²) in [5, 5.41) is 19.1. The van der Waals surface area contributed by atoms with E-state index in [2.05, 4.69) is 5.32 Å². The largest absolute Gasteiger partial charge is 0.481 e. The summed E-state index contributed by atoms with van der Waals surface area (Å²) in [5.41, 5.74) is 6.33. The number of hydrogen-bond acceptors (Lipinski definition) is 6. The van der Waals surface area contributed by atoms with E-state index in [-0.39, 0.29) is 23.8 Å². The van der Waals surface area contributed by atoms with Crippen LogP contribution in [0.3, 0.4) is 0 Å². The molecular formula is C24H24N3O6P. The average molecular weight is 481 g/mol. The van der Waals surface area contributed by atoms with Crippen LogP contribution in [0.5, 0.6) is 11.5 Å². The molecule has 0 aliphatic carbocycles. The van der Waals surface area contributed by atoms with E-state index in [0.29, 0.717) is 11.1 Å². The van der Waals surface area contributed by atoms with Gasteiger partial charge in [0.05, 0.1) is 6.42 Å². The maximum atomic E-state index is 14.3. The number of nitrogen functional groups attached to an aromatic ring is 1. The molecule has 34 heavy (non-hydrogen) atoms. The molecule has 0 aromatic heterocycles. The highest BCUT2D eigenvalue weighted by Crippen LogP contribution is 2.59. The number of carbonyl (C=O) groups is 2. The minimum absolute atomic E-state index is 0.155. The predicted octanol–water partition coefficient (Wildman–Crippen LogP) is 4.30. The molecule has 0 heterocycles. The Labute approximate surface area is 196 Å². The maximum Gasteiger partial charge on any atom is 0.457 e. The zero-order valence-corrected chi connectivity index (χ0v) is 19.0. The molecule has 0 aliphatic rings. The van der Waals surface area contributed by atoms with Crippen LogP contribution in [0.1, 0.15) is 29.8 Å². The normalized spacial score (nSPS) is 11.8. The summed E-state index contributed by atoms with van der Waals surface area (Å²) in [6.45, 7) is 0. The molecule has 1 unspecified atom stereocenters. The third-order valence-corrected chi connectivity index (χ3v) is 6.66. The van der Waals surface area contributed by atoms with Crippen LogP contribution in [0.2, 0.25) is 0 Å². The maximum absolute atomic E-state index is 14.3. The Hall–Kier alpha value is -4.10. The molecule has 3 rings (SSSR count). The number of carbonyl (C=O) groups excluding carboxylic acids is 1. The first kappa shape index (κ1) is 24.5. The molecule has 0 aliphatic heterocycles. The van der Waals surface area contributed by atoms with E-state index >= 15 is 0 Å². The van der Waals surface area contributed by atoms with Crippen molar-refractivity contribution in [3.63, 3.8) is 0 Å². The first-order valence-electron chi connectivity index (χ1n) is 10.3. The molecule has 0 saturated carbocycles. The highest BCUT2D eigenvalue weighted by molar-refractivity contribution is 7.55. The summed E-state index contributed by atoms with van der Waals surface area (Å²) >= 11 is 0. The van der Waals surface area contributed by atoms with Gasteiger partial charge in [0.15, 0.2) is 5.78 Å². The quantitative estimate of drug-likeness (QED) is 0.181. The number of carboxylic acids is 1. The molecule has 10 heteroatoms. The van der Waals surface area contributed by atoms with Crippen molar-refractivity contribution in [2.75, 3.05) is 0 Å². The van der Waals surface area contributed by atoms with Crippen LogP contribution in [0.4, 0.5) is 0 Å². The number of hydrogen-bond donors (Lipinski definition) is 4. The Kier molecular flexibility index (Phi) is 8.05. The van der Waals surface area contributed by atoms with Crippen LogP contribution in [-0.2, 0) is 14.2 Å². The molecule has 5 N–H and O–H groups in total. The standard InChI is InChI=1S/C24H24N3O6P/c25-23(26)17-11-13-18(14-12-17)24(27-21(28)15-16-22(29)30)34(31,32-19-7-3-1-4-8-19)33-20-9-5-2-6-10-20/h1-14,24H,15-16H2,(H3,25,26)(H,27,28)(H,29,30). The minimum atomic E-state index is -4.20. The minimum Gasteiger partial charge on any atom is -0.481 e. The lowest BCUT2D eigenvalue weighted by Gasteiger charge is -2.28. The van der Waals surface area contributed by atoms with Crippen molar-refractivity contribution in [3.8, 4) is 11.5 Å². The van der Waals surface area contributed by atoms with Crippen molar-refractivity contribution in [2.45, 2.75) is 18.6 Å². The van der Waals surface area contributed by atoms with E-state index < -0.39 is 31.7 Å². The van der Waals surface area contributed by atoms with Crippen molar-refractivity contribution in [1.82, 2.24) is 5.32 Å². The zero-order chi connectivity index (χ0) is 24.6. The van der Waals surface area contributed by atoms with Gasteiger partial charge in [0.25, 0.3) is 0 Å². The molecule has 0 spiro atoms. The van der Waals surface area contributed by atoms with Crippen LogP contribution < -0.4 is 20.1 Å². The van der Waals surface area contributed by atoms with Crippen LogP contribution in [-0.4, -0.2) is 22.8 Å². The fourth-order valence-corrected chi connectivity index (χ4v) is 4.93. The highest BCUT2D eigenvalue weighted by atomic mass is 31.2. The number of amidine groups is 1. The van der Waals surface area contributed by atoms with Crippen molar-refractivity contribution >= 4 is 25.3 Å². The lowest BCUT2D eigenvalue weighted by atomic mass is 10.1.